The predicted molar refractivity (Wildman–Crippen MR) is 111 cm³/mol. The minimum absolute atomic E-state index is 0.327. The van der Waals surface area contributed by atoms with Gasteiger partial charge in [-0.2, -0.15) is 0 Å². The number of rotatable bonds is 4. The molecule has 2 aromatic rings. The number of para-hydroxylation sites is 1. The fourth-order valence-corrected chi connectivity index (χ4v) is 4.48. The third-order valence-corrected chi connectivity index (χ3v) is 6.01. The Kier molecular flexibility index (Phi) is 4.82. The number of nitrogens with one attached hydrogen (secondary N) is 2. The molecule has 1 unspecified atom stereocenters. The molecule has 0 aromatic heterocycles. The summed E-state index contributed by atoms with van der Waals surface area (Å²) in [5.41, 5.74) is 3.29. The van der Waals surface area contributed by atoms with E-state index >= 15 is 0 Å². The molecule has 2 aliphatic rings. The van der Waals surface area contributed by atoms with E-state index in [0.29, 0.717) is 17.9 Å². The first-order valence-electron chi connectivity index (χ1n) is 9.67. The van der Waals surface area contributed by atoms with Crippen molar-refractivity contribution in [2.24, 2.45) is 0 Å². The Hall–Kier alpha value is -2.86. The Labute approximate surface area is 174 Å². The van der Waals surface area contributed by atoms with Crippen LogP contribution in [-0.2, 0) is 28.0 Å². The number of hydrogen-bond donors (Lipinski definition) is 2. The predicted octanol–water partition coefficient (Wildman–Crippen LogP) is 3.54. The Bertz CT molecular complexity index is 1040. The van der Waals surface area contributed by atoms with Crippen molar-refractivity contribution in [3.63, 3.8) is 0 Å². The van der Waals surface area contributed by atoms with E-state index in [1.807, 2.05) is 38.1 Å². The summed E-state index contributed by atoms with van der Waals surface area (Å²) in [7, 11) is 0. The highest BCUT2D eigenvalue weighted by Crippen LogP contribution is 2.42. The van der Waals surface area contributed by atoms with E-state index in [0.717, 1.165) is 39.3 Å². The van der Waals surface area contributed by atoms with Gasteiger partial charge in [-0.05, 0) is 60.6 Å². The zero-order chi connectivity index (χ0) is 20.8. The van der Waals surface area contributed by atoms with Gasteiger partial charge in [0.05, 0.1) is 0 Å². The molecule has 1 saturated heterocycles. The summed E-state index contributed by atoms with van der Waals surface area (Å²) in [5, 5.41) is 6.29. The molecule has 1 atom stereocenters. The average molecular weight is 412 g/mol. The number of nitrogens with zero attached hydrogens (tertiary/aromatic N) is 1. The van der Waals surface area contributed by atoms with Crippen LogP contribution in [-0.4, -0.2) is 29.3 Å². The second-order valence-electron chi connectivity index (χ2n) is 7.54. The lowest BCUT2D eigenvalue weighted by Gasteiger charge is -2.22. The van der Waals surface area contributed by atoms with Crippen LogP contribution in [0.15, 0.2) is 36.4 Å². The van der Waals surface area contributed by atoms with Gasteiger partial charge in [-0.3, -0.25) is 14.5 Å². The first-order chi connectivity index (χ1) is 13.9. The Morgan fingerprint density at radius 2 is 2.07 bits per heavy atom. The molecular weight excluding hydrogens is 390 g/mol. The summed E-state index contributed by atoms with van der Waals surface area (Å²) in [6.45, 7) is 3.60. The summed E-state index contributed by atoms with van der Waals surface area (Å²) >= 11 is 6.06. The van der Waals surface area contributed by atoms with Crippen molar-refractivity contribution < 1.29 is 14.4 Å². The summed E-state index contributed by atoms with van der Waals surface area (Å²) < 4.78 is 0. The fraction of sp³-hybridized carbons (Fsp3) is 0.318. The number of carbonyl (C=O) groups is 3. The summed E-state index contributed by atoms with van der Waals surface area (Å²) in [5.74, 6) is -0.789. The molecule has 6 nitrogen and oxygen atoms in total. The molecule has 0 saturated carbocycles. The zero-order valence-electron chi connectivity index (χ0n) is 16.3. The van der Waals surface area contributed by atoms with Gasteiger partial charge < -0.3 is 10.6 Å². The summed E-state index contributed by atoms with van der Waals surface area (Å²) in [4.78, 5) is 39.5. The first-order valence-corrected chi connectivity index (χ1v) is 10.0. The van der Waals surface area contributed by atoms with E-state index in [4.69, 9.17) is 11.6 Å². The average Bonchev–Trinajstić information content (AvgIpc) is 3.16. The molecule has 0 bridgehead atoms. The summed E-state index contributed by atoms with van der Waals surface area (Å²) in [6, 6.07) is 10.6. The quantitative estimate of drug-likeness (QED) is 0.755. The van der Waals surface area contributed by atoms with Gasteiger partial charge in [0, 0.05) is 10.7 Å². The molecular formula is C22H22ClN3O3. The van der Waals surface area contributed by atoms with E-state index < -0.39 is 17.5 Å². The maximum Gasteiger partial charge on any atom is 0.325 e. The van der Waals surface area contributed by atoms with E-state index in [1.165, 1.54) is 0 Å². The normalized spacial score (nSPS) is 20.2. The number of halogens is 1. The minimum Gasteiger partial charge on any atom is -0.324 e. The number of hydrogen-bond acceptors (Lipinski definition) is 3. The van der Waals surface area contributed by atoms with Crippen molar-refractivity contribution in [1.29, 1.82) is 0 Å². The van der Waals surface area contributed by atoms with Gasteiger partial charge in [-0.25, -0.2) is 4.79 Å². The maximum absolute atomic E-state index is 13.2. The summed E-state index contributed by atoms with van der Waals surface area (Å²) in [6.07, 6.45) is 1.87. The van der Waals surface area contributed by atoms with Gasteiger partial charge >= 0.3 is 6.03 Å². The van der Waals surface area contributed by atoms with Crippen molar-refractivity contribution in [2.45, 2.75) is 38.6 Å². The second kappa shape index (κ2) is 7.19. The third kappa shape index (κ3) is 3.17. The van der Waals surface area contributed by atoms with Crippen LogP contribution in [0, 0.1) is 6.92 Å². The van der Waals surface area contributed by atoms with Gasteiger partial charge in [0.15, 0.2) is 0 Å². The van der Waals surface area contributed by atoms with Crippen LogP contribution in [0.25, 0.3) is 0 Å². The first kappa shape index (κ1) is 19.5. The van der Waals surface area contributed by atoms with Crippen molar-refractivity contribution in [1.82, 2.24) is 10.2 Å². The molecule has 7 heteroatoms. The highest BCUT2D eigenvalue weighted by Gasteiger charge is 2.55. The highest BCUT2D eigenvalue weighted by molar-refractivity contribution is 6.30. The maximum atomic E-state index is 13.2. The van der Waals surface area contributed by atoms with Crippen molar-refractivity contribution in [3.05, 3.63) is 63.7 Å². The molecule has 29 heavy (non-hydrogen) atoms. The lowest BCUT2D eigenvalue weighted by molar-refractivity contribution is -0.134. The zero-order valence-corrected chi connectivity index (χ0v) is 17.1. The number of benzene rings is 2. The van der Waals surface area contributed by atoms with Crippen LogP contribution in [0.2, 0.25) is 5.02 Å². The van der Waals surface area contributed by atoms with Crippen LogP contribution in [0.5, 0.6) is 0 Å². The van der Waals surface area contributed by atoms with E-state index in [-0.39, 0.29) is 12.5 Å². The molecule has 1 spiro atoms. The lowest BCUT2D eigenvalue weighted by atomic mass is 9.92. The third-order valence-electron chi connectivity index (χ3n) is 5.78. The Morgan fingerprint density at radius 1 is 1.28 bits per heavy atom. The number of anilines is 1. The second-order valence-corrected chi connectivity index (χ2v) is 7.98. The molecule has 150 valence electrons. The van der Waals surface area contributed by atoms with Crippen molar-refractivity contribution >= 4 is 35.1 Å². The number of amides is 4. The van der Waals surface area contributed by atoms with Gasteiger partial charge in [0.2, 0.25) is 5.91 Å². The van der Waals surface area contributed by atoms with Crippen molar-refractivity contribution in [3.8, 4) is 0 Å². The largest absolute Gasteiger partial charge is 0.325 e. The lowest BCUT2D eigenvalue weighted by Crippen LogP contribution is -2.43. The standard InChI is InChI=1S/C22H22ClN3O3/c1-3-14-6-4-5-13(2)19(14)24-18(27)12-26-20(28)22(25-21(26)29)10-9-15-11-16(23)7-8-17(15)22/h4-8,11H,3,9-10,12H2,1-2H3,(H,24,27)(H,25,29). The molecule has 1 aliphatic heterocycles. The van der Waals surface area contributed by atoms with E-state index in [2.05, 4.69) is 10.6 Å². The van der Waals surface area contributed by atoms with Crippen LogP contribution in [0.1, 0.15) is 35.6 Å². The molecule has 1 fully saturated rings. The van der Waals surface area contributed by atoms with Crippen LogP contribution in [0.4, 0.5) is 10.5 Å². The molecule has 1 aliphatic carbocycles. The number of aryl methyl sites for hydroxylation is 3. The van der Waals surface area contributed by atoms with Gasteiger partial charge in [0.25, 0.3) is 5.91 Å². The molecule has 4 amide bonds. The van der Waals surface area contributed by atoms with Crippen LogP contribution in [0.3, 0.4) is 0 Å². The van der Waals surface area contributed by atoms with Gasteiger partial charge in [0.1, 0.15) is 12.1 Å². The number of carbonyl (C=O) groups excluding carboxylic acids is 3. The van der Waals surface area contributed by atoms with Crippen LogP contribution >= 0.6 is 11.6 Å². The molecule has 4 rings (SSSR count). The van der Waals surface area contributed by atoms with Crippen molar-refractivity contribution in [2.75, 3.05) is 11.9 Å². The van der Waals surface area contributed by atoms with E-state index in [1.54, 1.807) is 12.1 Å². The SMILES string of the molecule is CCc1cccc(C)c1NC(=O)CN1C(=O)NC2(CCc3cc(Cl)ccc32)C1=O. The highest BCUT2D eigenvalue weighted by atomic mass is 35.5. The van der Waals surface area contributed by atoms with Gasteiger partial charge in [-0.1, -0.05) is 42.8 Å². The number of urea groups is 1. The number of fused-ring (bicyclic) bond motifs is 2. The number of imide groups is 1. The minimum atomic E-state index is -1.10. The monoisotopic (exact) mass is 411 g/mol. The van der Waals surface area contributed by atoms with Gasteiger partial charge in [-0.15, -0.1) is 0 Å². The Morgan fingerprint density at radius 3 is 2.83 bits per heavy atom. The molecule has 2 N–H and O–H groups in total. The topological polar surface area (TPSA) is 78.5 Å². The molecule has 1 heterocycles. The van der Waals surface area contributed by atoms with E-state index in [9.17, 15) is 14.4 Å². The Balaban J connectivity index is 1.55. The smallest absolute Gasteiger partial charge is 0.324 e. The molecule has 0 radical (unpaired) electrons. The molecule has 2 aromatic carbocycles. The van der Waals surface area contributed by atoms with Crippen LogP contribution < -0.4 is 10.6 Å². The fourth-order valence-electron chi connectivity index (χ4n) is 4.29.